The predicted molar refractivity (Wildman–Crippen MR) is 70.9 cm³/mol. The number of hydrogen-bond donors (Lipinski definition) is 2. The van der Waals surface area contributed by atoms with E-state index in [-0.39, 0.29) is 16.8 Å². The molecule has 0 fully saturated rings. The van der Waals surface area contributed by atoms with Crippen molar-refractivity contribution in [1.82, 2.24) is 10.2 Å². The smallest absolute Gasteiger partial charge is 0.382 e. The fourth-order valence-corrected chi connectivity index (χ4v) is 3.72. The summed E-state index contributed by atoms with van der Waals surface area (Å²) >= 11 is 0. The van der Waals surface area contributed by atoms with Gasteiger partial charge in [0.2, 0.25) is 0 Å². The number of aromatic nitrogens is 2. The van der Waals surface area contributed by atoms with Crippen LogP contribution in [-0.2, 0) is 16.3 Å². The van der Waals surface area contributed by atoms with Gasteiger partial charge >= 0.3 is 5.51 Å². The van der Waals surface area contributed by atoms with E-state index in [0.29, 0.717) is 6.07 Å². The number of sulfone groups is 1. The second kappa shape index (κ2) is 4.99. The van der Waals surface area contributed by atoms with E-state index in [9.17, 15) is 35.5 Å². The summed E-state index contributed by atoms with van der Waals surface area (Å²) < 4.78 is 89.5. The van der Waals surface area contributed by atoms with Crippen LogP contribution in [0, 0.1) is 0 Å². The Morgan fingerprint density at radius 2 is 1.92 bits per heavy atom. The van der Waals surface area contributed by atoms with Crippen molar-refractivity contribution < 1.29 is 35.5 Å². The summed E-state index contributed by atoms with van der Waals surface area (Å²) in [6.07, 6.45) is -2.44. The van der Waals surface area contributed by atoms with Gasteiger partial charge in [0.15, 0.2) is 0 Å². The van der Waals surface area contributed by atoms with Crippen molar-refractivity contribution in [3.05, 3.63) is 35.5 Å². The molecule has 2 aromatic rings. The molecule has 1 aromatic heterocycles. The number of aliphatic hydroxyl groups is 1. The largest absolute Gasteiger partial charge is 0.501 e. The van der Waals surface area contributed by atoms with Crippen molar-refractivity contribution in [2.45, 2.75) is 28.9 Å². The van der Waals surface area contributed by atoms with Crippen LogP contribution in [0.4, 0.5) is 22.0 Å². The van der Waals surface area contributed by atoms with Crippen molar-refractivity contribution in [3.8, 4) is 11.3 Å². The average Bonchev–Trinajstić information content (AvgIpc) is 3.05. The quantitative estimate of drug-likeness (QED) is 0.799. The Hall–Kier alpha value is -2.01. The van der Waals surface area contributed by atoms with Crippen molar-refractivity contribution in [1.29, 1.82) is 0 Å². The van der Waals surface area contributed by atoms with E-state index < -0.39 is 44.3 Å². The molecule has 1 aliphatic rings. The SMILES string of the molecule is O=S(=O)(c1ccc(-c2ccn[nH]2)c2c1[C@H](O)C(F)(F)C2)C(F)(F)F. The Kier molecular flexibility index (Phi) is 3.50. The molecule has 5 nitrogen and oxygen atoms in total. The van der Waals surface area contributed by atoms with E-state index in [0.717, 1.165) is 6.07 Å². The van der Waals surface area contributed by atoms with Gasteiger partial charge in [-0.2, -0.15) is 18.3 Å². The van der Waals surface area contributed by atoms with Crippen LogP contribution in [0.3, 0.4) is 0 Å². The van der Waals surface area contributed by atoms with E-state index in [1.165, 1.54) is 12.3 Å². The number of aromatic amines is 1. The standard InChI is InChI=1S/C13H9F5N2O3S/c14-12(15)5-7-6(8-3-4-19-20-8)1-2-9(10(7)11(12)21)24(22,23)13(16,17)18/h1-4,11,21H,5H2,(H,19,20)/t11-/m0/s1. The van der Waals surface area contributed by atoms with Gasteiger partial charge in [-0.3, -0.25) is 5.10 Å². The maximum Gasteiger partial charge on any atom is 0.501 e. The zero-order chi connectivity index (χ0) is 17.9. The molecule has 0 bridgehead atoms. The van der Waals surface area contributed by atoms with Gasteiger partial charge < -0.3 is 5.11 Å². The number of hydrogen-bond acceptors (Lipinski definition) is 4. The number of nitrogens with one attached hydrogen (secondary N) is 1. The third-order valence-electron chi connectivity index (χ3n) is 3.79. The first kappa shape index (κ1) is 16.8. The van der Waals surface area contributed by atoms with Crippen LogP contribution in [0.2, 0.25) is 0 Å². The number of aliphatic hydroxyl groups excluding tert-OH is 1. The van der Waals surface area contributed by atoms with Gasteiger partial charge in [-0.15, -0.1) is 0 Å². The van der Waals surface area contributed by atoms with Crippen LogP contribution < -0.4 is 0 Å². The summed E-state index contributed by atoms with van der Waals surface area (Å²) in [4.78, 5) is -1.36. The van der Waals surface area contributed by atoms with Crippen LogP contribution in [-0.4, -0.2) is 35.2 Å². The lowest BCUT2D eigenvalue weighted by atomic mass is 10.0. The second-order valence-electron chi connectivity index (χ2n) is 5.26. The lowest BCUT2D eigenvalue weighted by Crippen LogP contribution is -2.26. The molecule has 0 saturated carbocycles. The van der Waals surface area contributed by atoms with Crippen LogP contribution >= 0.6 is 0 Å². The minimum atomic E-state index is -5.89. The van der Waals surface area contributed by atoms with E-state index in [1.807, 2.05) is 0 Å². The molecule has 0 spiro atoms. The molecule has 2 N–H and O–H groups in total. The normalized spacial score (nSPS) is 20.2. The maximum absolute atomic E-state index is 13.9. The Balaban J connectivity index is 2.32. The number of fused-ring (bicyclic) bond motifs is 1. The second-order valence-corrected chi connectivity index (χ2v) is 7.17. The molecule has 1 aromatic carbocycles. The molecule has 0 saturated heterocycles. The summed E-state index contributed by atoms with van der Waals surface area (Å²) in [5.74, 6) is -3.78. The minimum Gasteiger partial charge on any atom is -0.382 e. The van der Waals surface area contributed by atoms with Gasteiger partial charge in [-0.25, -0.2) is 17.2 Å². The monoisotopic (exact) mass is 368 g/mol. The Morgan fingerprint density at radius 3 is 2.46 bits per heavy atom. The lowest BCUT2D eigenvalue weighted by molar-refractivity contribution is -0.0977. The van der Waals surface area contributed by atoms with Gasteiger partial charge in [-0.05, 0) is 17.7 Å². The third-order valence-corrected chi connectivity index (χ3v) is 5.33. The molecule has 0 unspecified atom stereocenters. The van der Waals surface area contributed by atoms with Crippen LogP contribution in [0.15, 0.2) is 29.3 Å². The molecule has 0 radical (unpaired) electrons. The highest BCUT2D eigenvalue weighted by atomic mass is 32.2. The maximum atomic E-state index is 13.9. The summed E-state index contributed by atoms with van der Waals surface area (Å²) in [5.41, 5.74) is -6.69. The topological polar surface area (TPSA) is 83.0 Å². The van der Waals surface area contributed by atoms with Crippen LogP contribution in [0.1, 0.15) is 17.2 Å². The van der Waals surface area contributed by atoms with Crippen molar-refractivity contribution in [2.75, 3.05) is 0 Å². The fraction of sp³-hybridized carbons (Fsp3) is 0.308. The number of halogens is 5. The number of H-pyrrole nitrogens is 1. The predicted octanol–water partition coefficient (Wildman–Crippen LogP) is 2.60. The Bertz CT molecular complexity index is 891. The summed E-state index contributed by atoms with van der Waals surface area (Å²) in [7, 11) is -5.89. The molecular weight excluding hydrogens is 359 g/mol. The molecule has 3 rings (SSSR count). The first-order valence-electron chi connectivity index (χ1n) is 6.49. The van der Waals surface area contributed by atoms with E-state index in [1.54, 1.807) is 0 Å². The molecular formula is C13H9F5N2O3S. The fourth-order valence-electron chi connectivity index (χ4n) is 2.69. The molecule has 0 amide bonds. The number of alkyl halides is 5. The highest BCUT2D eigenvalue weighted by Gasteiger charge is 2.54. The lowest BCUT2D eigenvalue weighted by Gasteiger charge is -2.17. The molecule has 1 atom stereocenters. The molecule has 1 aliphatic carbocycles. The van der Waals surface area contributed by atoms with Gasteiger partial charge in [0.1, 0.15) is 6.10 Å². The Morgan fingerprint density at radius 1 is 1.25 bits per heavy atom. The Labute approximate surface area is 132 Å². The summed E-state index contributed by atoms with van der Waals surface area (Å²) in [6, 6.07) is 2.94. The number of benzene rings is 1. The van der Waals surface area contributed by atoms with Crippen molar-refractivity contribution in [3.63, 3.8) is 0 Å². The molecule has 0 aliphatic heterocycles. The third kappa shape index (κ3) is 2.30. The number of rotatable bonds is 2. The highest BCUT2D eigenvalue weighted by Crippen LogP contribution is 2.50. The first-order chi connectivity index (χ1) is 11.0. The first-order valence-corrected chi connectivity index (χ1v) is 7.98. The van der Waals surface area contributed by atoms with Crippen LogP contribution in [0.25, 0.3) is 11.3 Å². The number of nitrogens with zero attached hydrogens (tertiary/aromatic N) is 1. The molecule has 1 heterocycles. The van der Waals surface area contributed by atoms with E-state index in [4.69, 9.17) is 0 Å². The van der Waals surface area contributed by atoms with Crippen molar-refractivity contribution in [2.24, 2.45) is 0 Å². The summed E-state index contributed by atoms with van der Waals surface area (Å²) in [5, 5.41) is 15.8. The molecule has 130 valence electrons. The van der Waals surface area contributed by atoms with E-state index >= 15 is 0 Å². The van der Waals surface area contributed by atoms with Crippen molar-refractivity contribution >= 4 is 9.84 Å². The van der Waals surface area contributed by atoms with Crippen LogP contribution in [0.5, 0.6) is 0 Å². The minimum absolute atomic E-state index is 0.0554. The van der Waals surface area contributed by atoms with Gasteiger partial charge in [-0.1, -0.05) is 6.07 Å². The van der Waals surface area contributed by atoms with Gasteiger partial charge in [0.05, 0.1) is 10.6 Å². The zero-order valence-electron chi connectivity index (χ0n) is 11.6. The zero-order valence-corrected chi connectivity index (χ0v) is 12.4. The summed E-state index contributed by atoms with van der Waals surface area (Å²) in [6.45, 7) is 0. The highest BCUT2D eigenvalue weighted by molar-refractivity contribution is 7.92. The van der Waals surface area contributed by atoms with Gasteiger partial charge in [0.25, 0.3) is 15.8 Å². The van der Waals surface area contributed by atoms with E-state index in [2.05, 4.69) is 10.2 Å². The molecule has 11 heteroatoms. The molecule has 24 heavy (non-hydrogen) atoms. The average molecular weight is 368 g/mol. The van der Waals surface area contributed by atoms with Gasteiger partial charge in [0, 0.05) is 23.7 Å².